The Bertz CT molecular complexity index is 469. The van der Waals surface area contributed by atoms with E-state index in [9.17, 15) is 14.0 Å². The van der Waals surface area contributed by atoms with Crippen LogP contribution >= 0.6 is 11.8 Å². The zero-order valence-corrected chi connectivity index (χ0v) is 9.96. The molecule has 1 aromatic carbocycles. The van der Waals surface area contributed by atoms with Crippen LogP contribution in [0.4, 0.5) is 4.39 Å². The molecule has 0 radical (unpaired) electrons. The van der Waals surface area contributed by atoms with Crippen molar-refractivity contribution in [3.8, 4) is 0 Å². The summed E-state index contributed by atoms with van der Waals surface area (Å²) in [5, 5.41) is 8.73. The normalized spacial score (nSPS) is 10.7. The van der Waals surface area contributed by atoms with Crippen molar-refractivity contribution in [3.05, 3.63) is 41.2 Å². The van der Waals surface area contributed by atoms with E-state index in [4.69, 9.17) is 5.11 Å². The van der Waals surface area contributed by atoms with Crippen LogP contribution in [-0.2, 0) is 4.79 Å². The molecule has 0 fully saturated rings. The fourth-order valence-corrected chi connectivity index (χ4v) is 1.57. The van der Waals surface area contributed by atoms with Crippen molar-refractivity contribution in [1.82, 2.24) is 0 Å². The van der Waals surface area contributed by atoms with Crippen LogP contribution in [0.25, 0.3) is 6.08 Å². The number of carboxylic acid groups (broad SMARTS) is 1. The molecule has 0 heterocycles. The Morgan fingerprint density at radius 2 is 2.18 bits per heavy atom. The molecule has 0 saturated heterocycles. The molecule has 17 heavy (non-hydrogen) atoms. The molecule has 0 spiro atoms. The second-order valence-corrected chi connectivity index (χ2v) is 4.44. The maximum Gasteiger partial charge on any atom is 0.335 e. The number of aromatic carboxylic acids is 1. The van der Waals surface area contributed by atoms with Gasteiger partial charge in [0.05, 0.1) is 5.56 Å². The molecule has 3 nitrogen and oxygen atoms in total. The lowest BCUT2D eigenvalue weighted by Crippen LogP contribution is -1.97. The summed E-state index contributed by atoms with van der Waals surface area (Å²) >= 11 is 1.10. The third-order valence-electron chi connectivity index (χ3n) is 1.92. The molecule has 0 aliphatic rings. The monoisotopic (exact) mass is 254 g/mol. The van der Waals surface area contributed by atoms with E-state index >= 15 is 0 Å². The molecule has 5 heteroatoms. The van der Waals surface area contributed by atoms with Gasteiger partial charge in [-0.1, -0.05) is 23.9 Å². The standard InChI is InChI=1S/C12H11FO3S/c1-8(14)17-6-2-3-9-7-10(12(15)16)4-5-11(9)13/h2-5,7H,6H2,1H3,(H,15,16). The predicted molar refractivity (Wildman–Crippen MR) is 65.5 cm³/mol. The molecule has 0 aliphatic carbocycles. The van der Waals surface area contributed by atoms with Gasteiger partial charge in [0.25, 0.3) is 0 Å². The second kappa shape index (κ2) is 6.20. The lowest BCUT2D eigenvalue weighted by atomic mass is 10.1. The van der Waals surface area contributed by atoms with Crippen LogP contribution in [-0.4, -0.2) is 21.9 Å². The van der Waals surface area contributed by atoms with Gasteiger partial charge in [-0.05, 0) is 18.2 Å². The number of rotatable bonds is 4. The Morgan fingerprint density at radius 1 is 1.47 bits per heavy atom. The second-order valence-electron chi connectivity index (χ2n) is 3.25. The van der Waals surface area contributed by atoms with Crippen molar-refractivity contribution in [2.24, 2.45) is 0 Å². The van der Waals surface area contributed by atoms with Gasteiger partial charge in [-0.25, -0.2) is 9.18 Å². The molecule has 0 amide bonds. The molecule has 90 valence electrons. The highest BCUT2D eigenvalue weighted by Gasteiger charge is 2.05. The summed E-state index contributed by atoms with van der Waals surface area (Å²) in [5.41, 5.74) is 0.235. The van der Waals surface area contributed by atoms with Crippen LogP contribution in [0.1, 0.15) is 22.8 Å². The fraction of sp³-hybridized carbons (Fsp3) is 0.167. The SMILES string of the molecule is CC(=O)SCC=Cc1cc(C(=O)O)ccc1F. The molecule has 1 N–H and O–H groups in total. The lowest BCUT2D eigenvalue weighted by Gasteiger charge is -1.99. The zero-order valence-electron chi connectivity index (χ0n) is 9.14. The summed E-state index contributed by atoms with van der Waals surface area (Å²) in [7, 11) is 0. The van der Waals surface area contributed by atoms with Crippen LogP contribution in [0, 0.1) is 5.82 Å². The number of hydrogen-bond donors (Lipinski definition) is 1. The molecule has 1 rings (SSSR count). The van der Waals surface area contributed by atoms with E-state index in [1.54, 1.807) is 6.08 Å². The summed E-state index contributed by atoms with van der Waals surface area (Å²) in [6, 6.07) is 3.58. The van der Waals surface area contributed by atoms with E-state index in [1.165, 1.54) is 25.1 Å². The number of thioether (sulfide) groups is 1. The Morgan fingerprint density at radius 3 is 2.76 bits per heavy atom. The summed E-state index contributed by atoms with van der Waals surface area (Å²) in [4.78, 5) is 21.3. The van der Waals surface area contributed by atoms with Gasteiger partial charge in [0.2, 0.25) is 0 Å². The summed E-state index contributed by atoms with van der Waals surface area (Å²) < 4.78 is 13.3. The van der Waals surface area contributed by atoms with Gasteiger partial charge < -0.3 is 5.11 Å². The Labute approximate surface area is 102 Å². The van der Waals surface area contributed by atoms with Crippen LogP contribution in [0.3, 0.4) is 0 Å². The molecule has 0 atom stereocenters. The van der Waals surface area contributed by atoms with Crippen LogP contribution < -0.4 is 0 Å². The zero-order chi connectivity index (χ0) is 12.8. The third-order valence-corrected chi connectivity index (χ3v) is 2.69. The molecular formula is C12H11FO3S. The average Bonchev–Trinajstić information content (AvgIpc) is 2.25. The van der Waals surface area contributed by atoms with Gasteiger partial charge in [-0.3, -0.25) is 4.79 Å². The number of carboxylic acids is 1. The number of benzene rings is 1. The molecule has 0 saturated carbocycles. The van der Waals surface area contributed by atoms with Crippen LogP contribution in [0.5, 0.6) is 0 Å². The maximum absolute atomic E-state index is 13.3. The quantitative estimate of drug-likeness (QED) is 0.897. The first-order valence-electron chi connectivity index (χ1n) is 4.83. The minimum absolute atomic E-state index is 0.0191. The fourth-order valence-electron chi connectivity index (χ4n) is 1.15. The lowest BCUT2D eigenvalue weighted by molar-refractivity contribution is -0.109. The number of carbonyl (C=O) groups is 2. The van der Waals surface area contributed by atoms with Crippen LogP contribution in [0.15, 0.2) is 24.3 Å². The first-order chi connectivity index (χ1) is 8.00. The van der Waals surface area contributed by atoms with Crippen molar-refractivity contribution in [3.63, 3.8) is 0 Å². The maximum atomic E-state index is 13.3. The van der Waals surface area contributed by atoms with E-state index in [2.05, 4.69) is 0 Å². The van der Waals surface area contributed by atoms with Gasteiger partial charge in [0.15, 0.2) is 5.12 Å². The first-order valence-corrected chi connectivity index (χ1v) is 5.82. The predicted octanol–water partition coefficient (Wildman–Crippen LogP) is 2.82. The highest BCUT2D eigenvalue weighted by molar-refractivity contribution is 8.13. The molecule has 1 aromatic rings. The Kier molecular flexibility index (Phi) is 4.90. The third kappa shape index (κ3) is 4.40. The molecule has 0 aliphatic heterocycles. The van der Waals surface area contributed by atoms with Gasteiger partial charge in [-0.15, -0.1) is 0 Å². The number of carbonyl (C=O) groups excluding carboxylic acids is 1. The minimum atomic E-state index is -1.10. The van der Waals surface area contributed by atoms with Gasteiger partial charge in [0, 0.05) is 18.2 Å². The van der Waals surface area contributed by atoms with E-state index in [0.717, 1.165) is 17.8 Å². The molecule has 0 bridgehead atoms. The summed E-state index contributed by atoms with van der Waals surface area (Å²) in [6.45, 7) is 1.45. The Hall–Kier alpha value is -1.62. The molecular weight excluding hydrogens is 243 g/mol. The highest BCUT2D eigenvalue weighted by atomic mass is 32.2. The summed E-state index contributed by atoms with van der Waals surface area (Å²) in [5.74, 6) is -1.15. The van der Waals surface area contributed by atoms with Gasteiger partial charge >= 0.3 is 5.97 Å². The summed E-state index contributed by atoms with van der Waals surface area (Å²) in [6.07, 6.45) is 3.09. The Balaban J connectivity index is 2.79. The van der Waals surface area contributed by atoms with Crippen molar-refractivity contribution in [2.75, 3.05) is 5.75 Å². The van der Waals surface area contributed by atoms with Crippen LogP contribution in [0.2, 0.25) is 0 Å². The topological polar surface area (TPSA) is 54.4 Å². The smallest absolute Gasteiger partial charge is 0.335 e. The average molecular weight is 254 g/mol. The minimum Gasteiger partial charge on any atom is -0.478 e. The van der Waals surface area contributed by atoms with Crippen molar-refractivity contribution < 1.29 is 19.1 Å². The van der Waals surface area contributed by atoms with Crippen molar-refractivity contribution in [1.29, 1.82) is 0 Å². The van der Waals surface area contributed by atoms with E-state index < -0.39 is 11.8 Å². The molecule has 0 unspecified atom stereocenters. The number of halogens is 1. The van der Waals surface area contributed by atoms with E-state index in [-0.39, 0.29) is 16.2 Å². The number of hydrogen-bond acceptors (Lipinski definition) is 3. The van der Waals surface area contributed by atoms with E-state index in [1.807, 2.05) is 0 Å². The van der Waals surface area contributed by atoms with Crippen molar-refractivity contribution >= 4 is 28.9 Å². The largest absolute Gasteiger partial charge is 0.478 e. The van der Waals surface area contributed by atoms with E-state index in [0.29, 0.717) is 5.75 Å². The van der Waals surface area contributed by atoms with Gasteiger partial charge in [0.1, 0.15) is 5.82 Å². The first kappa shape index (κ1) is 13.4. The highest BCUT2D eigenvalue weighted by Crippen LogP contribution is 2.13. The molecule has 0 aromatic heterocycles. The van der Waals surface area contributed by atoms with Crippen molar-refractivity contribution in [2.45, 2.75) is 6.92 Å². The van der Waals surface area contributed by atoms with Gasteiger partial charge in [-0.2, -0.15) is 0 Å².